The summed E-state index contributed by atoms with van der Waals surface area (Å²) < 4.78 is 0. The summed E-state index contributed by atoms with van der Waals surface area (Å²) in [6, 6.07) is 0. The van der Waals surface area contributed by atoms with E-state index in [0.29, 0.717) is 19.3 Å². The van der Waals surface area contributed by atoms with E-state index in [2.05, 4.69) is 4.85 Å². The summed E-state index contributed by atoms with van der Waals surface area (Å²) in [4.78, 5) is 13.8. The number of Topliss-reactive ketones (excluding diaryl/α,β-unsaturated/α-hetero) is 1. The molecule has 9 heavy (non-hydrogen) atoms. The third-order valence-corrected chi connectivity index (χ3v) is 1.37. The Hall–Kier alpha value is -1.10. The van der Waals surface area contributed by atoms with Crippen molar-refractivity contribution in [2.24, 2.45) is 0 Å². The van der Waals surface area contributed by atoms with Gasteiger partial charge in [0.05, 0.1) is 6.57 Å². The molecule has 0 amide bonds. The topological polar surface area (TPSA) is 21.4 Å². The van der Waals surface area contributed by atoms with Crippen molar-refractivity contribution in [3.63, 3.8) is 0 Å². The zero-order valence-electron chi connectivity index (χ0n) is 5.05. The molecule has 0 fully saturated rings. The van der Waals surface area contributed by atoms with Gasteiger partial charge in [-0.2, -0.15) is 0 Å². The Balaban J connectivity index is 2.63. The normalized spacial score (nSPS) is 18.6. The van der Waals surface area contributed by atoms with E-state index >= 15 is 0 Å². The van der Waals surface area contributed by atoms with Gasteiger partial charge in [-0.15, -0.1) is 0 Å². The van der Waals surface area contributed by atoms with Gasteiger partial charge in [-0.3, -0.25) is 4.79 Å². The number of allylic oxidation sites excluding steroid dienone is 2. The van der Waals surface area contributed by atoms with Crippen LogP contribution in [0.4, 0.5) is 0 Å². The molecule has 0 atom stereocenters. The van der Waals surface area contributed by atoms with Gasteiger partial charge >= 0.3 is 0 Å². The van der Waals surface area contributed by atoms with Gasteiger partial charge in [-0.25, -0.2) is 4.85 Å². The summed E-state index contributed by atoms with van der Waals surface area (Å²) >= 11 is 0. The first-order valence-corrected chi connectivity index (χ1v) is 2.91. The molecule has 0 saturated heterocycles. The van der Waals surface area contributed by atoms with Crippen molar-refractivity contribution in [2.75, 3.05) is 0 Å². The first-order chi connectivity index (χ1) is 4.33. The minimum absolute atomic E-state index is 0.252. The third-order valence-electron chi connectivity index (χ3n) is 1.37. The second-order valence-electron chi connectivity index (χ2n) is 2.05. The van der Waals surface area contributed by atoms with Crippen LogP contribution in [-0.2, 0) is 4.79 Å². The Labute approximate surface area is 54.0 Å². The second-order valence-corrected chi connectivity index (χ2v) is 2.05. The maximum absolute atomic E-state index is 10.6. The lowest BCUT2D eigenvalue weighted by Crippen LogP contribution is -2.01. The van der Waals surface area contributed by atoms with Crippen LogP contribution in [0, 0.1) is 6.57 Å². The van der Waals surface area contributed by atoms with Crippen LogP contribution < -0.4 is 0 Å². The van der Waals surface area contributed by atoms with Gasteiger partial charge in [0.15, 0.2) is 5.70 Å². The average molecular weight is 121 g/mol. The maximum Gasteiger partial charge on any atom is 0.162 e. The highest BCUT2D eigenvalue weighted by atomic mass is 16.1. The van der Waals surface area contributed by atoms with E-state index in [1.807, 2.05) is 0 Å². The molecule has 1 rings (SSSR count). The molecule has 1 aliphatic rings. The molecule has 0 heterocycles. The quantitative estimate of drug-likeness (QED) is 0.445. The smallest absolute Gasteiger partial charge is 0.162 e. The van der Waals surface area contributed by atoms with Crippen LogP contribution in [-0.4, -0.2) is 5.78 Å². The fourth-order valence-corrected chi connectivity index (χ4v) is 0.805. The van der Waals surface area contributed by atoms with Gasteiger partial charge in [0.2, 0.25) is 0 Å². The van der Waals surface area contributed by atoms with E-state index in [1.54, 1.807) is 6.08 Å². The van der Waals surface area contributed by atoms with E-state index in [-0.39, 0.29) is 5.78 Å². The number of hydrogen-bond donors (Lipinski definition) is 0. The molecular formula is C7H7NO. The molecule has 46 valence electrons. The lowest BCUT2D eigenvalue weighted by molar-refractivity contribution is -0.118. The molecule has 2 heteroatoms. The summed E-state index contributed by atoms with van der Waals surface area (Å²) in [6.45, 7) is 6.61. The van der Waals surface area contributed by atoms with Crippen LogP contribution in [0.2, 0.25) is 0 Å². The van der Waals surface area contributed by atoms with E-state index < -0.39 is 0 Å². The summed E-state index contributed by atoms with van der Waals surface area (Å²) in [5.74, 6) is 0.252. The lowest BCUT2D eigenvalue weighted by Gasteiger charge is -2.02. The summed E-state index contributed by atoms with van der Waals surface area (Å²) in [5.41, 5.74) is 0.745. The van der Waals surface area contributed by atoms with Gasteiger partial charge in [-0.05, 0) is 6.42 Å². The van der Waals surface area contributed by atoms with E-state index in [0.717, 1.165) is 5.70 Å². The Kier molecular flexibility index (Phi) is 1.64. The largest absolute Gasteiger partial charge is 0.299 e. The molecule has 0 radical (unpaired) electrons. The minimum atomic E-state index is 0.252. The molecule has 1 aliphatic carbocycles. The molecule has 2 nitrogen and oxygen atoms in total. The number of carbonyl (C=O) groups excluding carboxylic acids is 1. The predicted octanol–water partition coefficient (Wildman–Crippen LogP) is 1.54. The predicted molar refractivity (Wildman–Crippen MR) is 33.5 cm³/mol. The average Bonchev–Trinajstić information content (AvgIpc) is 1.90. The highest BCUT2D eigenvalue weighted by Crippen LogP contribution is 2.14. The fraction of sp³-hybridized carbons (Fsp3) is 0.429. The summed E-state index contributed by atoms with van der Waals surface area (Å²) in [7, 11) is 0. The van der Waals surface area contributed by atoms with Crippen molar-refractivity contribution in [1.82, 2.24) is 0 Å². The van der Waals surface area contributed by atoms with Crippen molar-refractivity contribution < 1.29 is 4.79 Å². The van der Waals surface area contributed by atoms with Crippen LogP contribution in [0.5, 0.6) is 0 Å². The van der Waals surface area contributed by atoms with Crippen LogP contribution in [0.1, 0.15) is 19.3 Å². The zero-order chi connectivity index (χ0) is 6.69. The Bertz CT molecular complexity index is 197. The van der Waals surface area contributed by atoms with Crippen LogP contribution >= 0.6 is 0 Å². The minimum Gasteiger partial charge on any atom is -0.299 e. The number of rotatable bonds is 0. The second kappa shape index (κ2) is 2.45. The van der Waals surface area contributed by atoms with Crippen molar-refractivity contribution in [2.45, 2.75) is 19.3 Å². The SMILES string of the molecule is [C-]#[N+]C1=CCC(=O)CC1. The van der Waals surface area contributed by atoms with Crippen molar-refractivity contribution >= 4 is 5.78 Å². The van der Waals surface area contributed by atoms with Crippen molar-refractivity contribution in [1.29, 1.82) is 0 Å². The van der Waals surface area contributed by atoms with E-state index in [9.17, 15) is 4.79 Å². The molecule has 0 aromatic carbocycles. The first kappa shape index (κ1) is 6.03. The fourth-order valence-electron chi connectivity index (χ4n) is 0.805. The van der Waals surface area contributed by atoms with Crippen LogP contribution in [0.15, 0.2) is 11.8 Å². The molecule has 0 bridgehead atoms. The number of ketones is 1. The molecule has 0 aliphatic heterocycles. The molecule has 0 spiro atoms. The highest BCUT2D eigenvalue weighted by Gasteiger charge is 2.08. The Morgan fingerprint density at radius 2 is 2.33 bits per heavy atom. The molecule has 0 N–H and O–H groups in total. The van der Waals surface area contributed by atoms with E-state index in [1.165, 1.54) is 0 Å². The molecule has 0 saturated carbocycles. The monoisotopic (exact) mass is 121 g/mol. The lowest BCUT2D eigenvalue weighted by atomic mass is 10.0. The first-order valence-electron chi connectivity index (χ1n) is 2.91. The van der Waals surface area contributed by atoms with Gasteiger partial charge in [0.1, 0.15) is 5.78 Å². The summed E-state index contributed by atoms with van der Waals surface area (Å²) in [5, 5.41) is 0. The molecule has 0 unspecified atom stereocenters. The van der Waals surface area contributed by atoms with Crippen molar-refractivity contribution in [3.8, 4) is 0 Å². The number of hydrogen-bond acceptors (Lipinski definition) is 1. The van der Waals surface area contributed by atoms with Gasteiger partial charge in [-0.1, -0.05) is 6.08 Å². The van der Waals surface area contributed by atoms with Gasteiger partial charge in [0.25, 0.3) is 0 Å². The van der Waals surface area contributed by atoms with Crippen molar-refractivity contribution in [3.05, 3.63) is 23.2 Å². The molecular weight excluding hydrogens is 114 g/mol. The molecule has 0 aromatic heterocycles. The van der Waals surface area contributed by atoms with E-state index in [4.69, 9.17) is 6.57 Å². The Morgan fingerprint density at radius 1 is 1.56 bits per heavy atom. The van der Waals surface area contributed by atoms with Crippen LogP contribution in [0.25, 0.3) is 4.85 Å². The summed E-state index contributed by atoms with van der Waals surface area (Å²) in [6.07, 6.45) is 3.41. The number of nitrogens with zero attached hydrogens (tertiary/aromatic N) is 1. The zero-order valence-corrected chi connectivity index (χ0v) is 5.05. The third kappa shape index (κ3) is 1.39. The number of carbonyl (C=O) groups is 1. The highest BCUT2D eigenvalue weighted by molar-refractivity contribution is 5.81. The Morgan fingerprint density at radius 3 is 2.78 bits per heavy atom. The van der Waals surface area contributed by atoms with Crippen LogP contribution in [0.3, 0.4) is 0 Å². The molecule has 0 aromatic rings. The van der Waals surface area contributed by atoms with Gasteiger partial charge in [0, 0.05) is 12.8 Å². The maximum atomic E-state index is 10.6. The standard InChI is InChI=1S/C7H7NO/c1-8-6-2-4-7(9)5-3-6/h2H,3-5H2. The van der Waals surface area contributed by atoms with Gasteiger partial charge < -0.3 is 0 Å².